The van der Waals surface area contributed by atoms with Crippen molar-refractivity contribution in [3.63, 3.8) is 0 Å². The summed E-state index contributed by atoms with van der Waals surface area (Å²) in [6.07, 6.45) is 2.53. The second-order valence-electron chi connectivity index (χ2n) is 4.44. The molecule has 5 heteroatoms. The van der Waals surface area contributed by atoms with Gasteiger partial charge in [-0.15, -0.1) is 0 Å². The number of halogens is 1. The van der Waals surface area contributed by atoms with Crippen molar-refractivity contribution in [2.45, 2.75) is 33.2 Å². The maximum absolute atomic E-state index is 13.1. The number of carbonyl (C=O) groups is 1. The molecule has 1 heterocycles. The molecule has 0 aliphatic carbocycles. The number of amides is 1. The fourth-order valence-electron chi connectivity index (χ4n) is 1.55. The lowest BCUT2D eigenvalue weighted by molar-refractivity contribution is -0.117. The Kier molecular flexibility index (Phi) is 5.71. The van der Waals surface area contributed by atoms with Gasteiger partial charge >= 0.3 is 0 Å². The number of nitrogens with one attached hydrogen (secondary N) is 2. The molecule has 0 spiro atoms. The third-order valence-electron chi connectivity index (χ3n) is 2.79. The van der Waals surface area contributed by atoms with Crippen LogP contribution in [-0.2, 0) is 11.3 Å². The van der Waals surface area contributed by atoms with Crippen LogP contribution in [0.4, 0.5) is 10.1 Å². The van der Waals surface area contributed by atoms with E-state index in [2.05, 4.69) is 15.6 Å². The highest BCUT2D eigenvalue weighted by molar-refractivity contribution is 5.91. The molecule has 1 aromatic heterocycles. The fourth-order valence-corrected chi connectivity index (χ4v) is 1.55. The maximum atomic E-state index is 13.1. The van der Waals surface area contributed by atoms with Gasteiger partial charge in [-0.3, -0.25) is 9.78 Å². The van der Waals surface area contributed by atoms with E-state index in [1.54, 1.807) is 7.05 Å². The van der Waals surface area contributed by atoms with Crippen LogP contribution < -0.4 is 10.6 Å². The van der Waals surface area contributed by atoms with Gasteiger partial charge in [-0.2, -0.15) is 0 Å². The van der Waals surface area contributed by atoms with E-state index in [1.165, 1.54) is 6.07 Å². The van der Waals surface area contributed by atoms with E-state index in [4.69, 9.17) is 0 Å². The summed E-state index contributed by atoms with van der Waals surface area (Å²) in [4.78, 5) is 15.7. The Balaban J connectivity index is 2.75. The van der Waals surface area contributed by atoms with Crippen molar-refractivity contribution >= 4 is 11.6 Å². The number of hydrogen-bond donors (Lipinski definition) is 2. The molecule has 0 aliphatic heterocycles. The molecule has 1 unspecified atom stereocenters. The summed E-state index contributed by atoms with van der Waals surface area (Å²) in [5.41, 5.74) is 1.08. The summed E-state index contributed by atoms with van der Waals surface area (Å²) in [7, 11) is 1.77. The van der Waals surface area contributed by atoms with Crippen LogP contribution in [-0.4, -0.2) is 17.9 Å². The lowest BCUT2D eigenvalue weighted by atomic mass is 10.0. The summed E-state index contributed by atoms with van der Waals surface area (Å²) in [5, 5.41) is 5.65. The Morgan fingerprint density at radius 3 is 2.89 bits per heavy atom. The predicted octanol–water partition coefficient (Wildman–Crippen LogP) is 2.31. The minimum Gasteiger partial charge on any atom is -0.324 e. The molecular formula is C13H20FN3O. The second kappa shape index (κ2) is 7.06. The number of hydrogen-bond acceptors (Lipinski definition) is 3. The van der Waals surface area contributed by atoms with Crippen LogP contribution in [0, 0.1) is 11.7 Å². The van der Waals surface area contributed by atoms with Gasteiger partial charge in [-0.25, -0.2) is 4.39 Å². The molecule has 0 fully saturated rings. The van der Waals surface area contributed by atoms with Gasteiger partial charge in [-0.05, 0) is 13.0 Å². The molecule has 0 radical (unpaired) electrons. The smallest absolute Gasteiger partial charge is 0.224 e. The van der Waals surface area contributed by atoms with Gasteiger partial charge in [0.05, 0.1) is 17.6 Å². The van der Waals surface area contributed by atoms with Gasteiger partial charge in [-0.1, -0.05) is 20.3 Å². The van der Waals surface area contributed by atoms with Crippen molar-refractivity contribution in [3.05, 3.63) is 23.8 Å². The van der Waals surface area contributed by atoms with Crippen molar-refractivity contribution in [2.24, 2.45) is 5.92 Å². The summed E-state index contributed by atoms with van der Waals surface area (Å²) >= 11 is 0. The summed E-state index contributed by atoms with van der Waals surface area (Å²) in [5.74, 6) is -0.234. The zero-order valence-corrected chi connectivity index (χ0v) is 11.1. The first-order valence-electron chi connectivity index (χ1n) is 6.15. The number of carbonyl (C=O) groups excluding carboxylic acids is 1. The van der Waals surface area contributed by atoms with Crippen molar-refractivity contribution in [1.29, 1.82) is 0 Å². The molecule has 0 saturated carbocycles. The molecule has 0 bridgehead atoms. The highest BCUT2D eigenvalue weighted by Crippen LogP contribution is 2.16. The van der Waals surface area contributed by atoms with Gasteiger partial charge in [0, 0.05) is 19.0 Å². The van der Waals surface area contributed by atoms with Gasteiger partial charge in [0.1, 0.15) is 5.82 Å². The lowest BCUT2D eigenvalue weighted by Gasteiger charge is -2.12. The molecule has 4 nitrogen and oxygen atoms in total. The maximum Gasteiger partial charge on any atom is 0.224 e. The zero-order valence-electron chi connectivity index (χ0n) is 11.1. The van der Waals surface area contributed by atoms with Gasteiger partial charge in [0.15, 0.2) is 0 Å². The first-order valence-corrected chi connectivity index (χ1v) is 6.15. The van der Waals surface area contributed by atoms with Crippen LogP contribution in [0.3, 0.4) is 0 Å². The van der Waals surface area contributed by atoms with E-state index >= 15 is 0 Å². The number of nitrogens with zero attached hydrogens (tertiary/aromatic N) is 1. The molecule has 1 aromatic rings. The van der Waals surface area contributed by atoms with Gasteiger partial charge in [0.2, 0.25) is 5.91 Å². The van der Waals surface area contributed by atoms with Crippen LogP contribution in [0.5, 0.6) is 0 Å². The van der Waals surface area contributed by atoms with Crippen molar-refractivity contribution in [1.82, 2.24) is 10.3 Å². The number of anilines is 1. The summed E-state index contributed by atoms with van der Waals surface area (Å²) in [6.45, 7) is 4.53. The number of aromatic nitrogens is 1. The highest BCUT2D eigenvalue weighted by atomic mass is 19.1. The molecule has 1 atom stereocenters. The van der Waals surface area contributed by atoms with E-state index in [0.29, 0.717) is 30.3 Å². The van der Waals surface area contributed by atoms with E-state index < -0.39 is 5.82 Å². The molecule has 1 rings (SSSR count). The first-order chi connectivity index (χ1) is 8.56. The monoisotopic (exact) mass is 253 g/mol. The standard InChI is InChI=1S/C13H20FN3O/c1-4-9(2)5-13(18)17-11-6-10(14)7-16-12(11)8-15-3/h6-7,9,15H,4-5,8H2,1-3H3,(H,17,18). The first kappa shape index (κ1) is 14.6. The molecule has 1 amide bonds. The van der Waals surface area contributed by atoms with E-state index in [9.17, 15) is 9.18 Å². The molecule has 2 N–H and O–H groups in total. The topological polar surface area (TPSA) is 54.0 Å². The van der Waals surface area contributed by atoms with Crippen molar-refractivity contribution in [3.8, 4) is 0 Å². The van der Waals surface area contributed by atoms with E-state index in [1.807, 2.05) is 13.8 Å². The lowest BCUT2D eigenvalue weighted by Crippen LogP contribution is -2.18. The Morgan fingerprint density at radius 1 is 1.56 bits per heavy atom. The Hall–Kier alpha value is -1.49. The van der Waals surface area contributed by atoms with Crippen LogP contribution in [0.1, 0.15) is 32.4 Å². The number of pyridine rings is 1. The fraction of sp³-hybridized carbons (Fsp3) is 0.538. The highest BCUT2D eigenvalue weighted by Gasteiger charge is 2.11. The Labute approximate surface area is 107 Å². The third-order valence-corrected chi connectivity index (χ3v) is 2.79. The molecule has 0 saturated heterocycles. The predicted molar refractivity (Wildman–Crippen MR) is 69.7 cm³/mol. The van der Waals surface area contributed by atoms with Crippen LogP contribution in [0.15, 0.2) is 12.3 Å². The summed E-state index contributed by atoms with van der Waals surface area (Å²) < 4.78 is 13.1. The second-order valence-corrected chi connectivity index (χ2v) is 4.44. The Morgan fingerprint density at radius 2 is 2.28 bits per heavy atom. The van der Waals surface area contributed by atoms with Gasteiger partial charge in [0.25, 0.3) is 0 Å². The largest absolute Gasteiger partial charge is 0.324 e. The molecule has 100 valence electrons. The van der Waals surface area contributed by atoms with Crippen LogP contribution in [0.25, 0.3) is 0 Å². The van der Waals surface area contributed by atoms with Crippen LogP contribution >= 0.6 is 0 Å². The van der Waals surface area contributed by atoms with Gasteiger partial charge < -0.3 is 10.6 Å². The quantitative estimate of drug-likeness (QED) is 0.818. The molecular weight excluding hydrogens is 233 g/mol. The van der Waals surface area contributed by atoms with E-state index in [-0.39, 0.29) is 5.91 Å². The zero-order chi connectivity index (χ0) is 13.5. The van der Waals surface area contributed by atoms with Crippen molar-refractivity contribution < 1.29 is 9.18 Å². The SMILES string of the molecule is CCC(C)CC(=O)Nc1cc(F)cnc1CNC. The van der Waals surface area contributed by atoms with Crippen LogP contribution in [0.2, 0.25) is 0 Å². The average Bonchev–Trinajstić information content (AvgIpc) is 2.32. The van der Waals surface area contributed by atoms with Crippen molar-refractivity contribution in [2.75, 3.05) is 12.4 Å². The minimum atomic E-state index is -0.450. The summed E-state index contributed by atoms with van der Waals surface area (Å²) in [6, 6.07) is 1.30. The molecule has 18 heavy (non-hydrogen) atoms. The normalized spacial score (nSPS) is 12.2. The Bertz CT molecular complexity index is 409. The minimum absolute atomic E-state index is 0.103. The average molecular weight is 253 g/mol. The third kappa shape index (κ3) is 4.41. The molecule has 0 aromatic carbocycles. The number of rotatable bonds is 6. The van der Waals surface area contributed by atoms with E-state index in [0.717, 1.165) is 12.6 Å². The molecule has 0 aliphatic rings.